The molecule has 0 aromatic carbocycles. The number of pyridine rings is 2. The van der Waals surface area contributed by atoms with E-state index in [4.69, 9.17) is 8.83 Å². The molecule has 0 N–H and O–H groups in total. The third-order valence-corrected chi connectivity index (χ3v) is 3.56. The highest BCUT2D eigenvalue weighted by Gasteiger charge is 2.37. The van der Waals surface area contributed by atoms with E-state index in [0.717, 1.165) is 34.6 Å². The van der Waals surface area contributed by atoms with Gasteiger partial charge in [-0.15, -0.1) is 4.57 Å². The normalized spacial score (nSPS) is 13.1. The summed E-state index contributed by atoms with van der Waals surface area (Å²) in [7, 11) is 0. The van der Waals surface area contributed by atoms with Crippen LogP contribution >= 0.6 is 0 Å². The molecule has 0 amide bonds. The van der Waals surface area contributed by atoms with Crippen molar-refractivity contribution in [1.82, 2.24) is 9.97 Å². The number of aromatic nitrogens is 3. The van der Waals surface area contributed by atoms with Crippen molar-refractivity contribution in [3.8, 4) is 11.6 Å². The fourth-order valence-electron chi connectivity index (χ4n) is 2.73. The molecule has 0 spiro atoms. The van der Waals surface area contributed by atoms with Crippen LogP contribution in [0.25, 0.3) is 33.9 Å². The van der Waals surface area contributed by atoms with E-state index in [1.165, 1.54) is 5.56 Å². The van der Waals surface area contributed by atoms with E-state index >= 15 is 0 Å². The average molecular weight is 250 g/mol. The van der Waals surface area contributed by atoms with Gasteiger partial charge in [-0.2, -0.15) is 0 Å². The summed E-state index contributed by atoms with van der Waals surface area (Å²) in [4.78, 5) is 8.54. The van der Waals surface area contributed by atoms with Crippen molar-refractivity contribution in [3.05, 3.63) is 42.4 Å². The molecule has 0 aliphatic carbocycles. The molecule has 90 valence electrons. The summed E-state index contributed by atoms with van der Waals surface area (Å²) in [5.74, 6) is 1.30. The van der Waals surface area contributed by atoms with E-state index in [1.807, 2.05) is 12.1 Å². The first-order chi connectivity index (χ1) is 9.42. The number of fused-ring (bicyclic) bond motifs is 7. The molecule has 5 nitrogen and oxygen atoms in total. The fraction of sp³-hybridized carbons (Fsp3) is 0.0714. The third kappa shape index (κ3) is 1.03. The van der Waals surface area contributed by atoms with Gasteiger partial charge in [0.05, 0.1) is 5.56 Å². The minimum Gasteiger partial charge on any atom is -0.420 e. The van der Waals surface area contributed by atoms with Crippen LogP contribution in [0.5, 0.6) is 0 Å². The van der Waals surface area contributed by atoms with Gasteiger partial charge in [-0.25, -0.2) is 4.98 Å². The molecule has 4 aromatic heterocycles. The standard InChI is InChI=1S/C14H8N3O2/c1-2-8-7-17-12-9-6-15-5-3-10(9)18-14(12)19-13(17)11(8)16-4-1/h1-6H,7H2/q+1. The highest BCUT2D eigenvalue weighted by Crippen LogP contribution is 2.33. The number of oxazole rings is 1. The van der Waals surface area contributed by atoms with Crippen molar-refractivity contribution < 1.29 is 13.4 Å². The Hall–Kier alpha value is -2.69. The van der Waals surface area contributed by atoms with Crippen LogP contribution in [0.3, 0.4) is 0 Å². The zero-order valence-corrected chi connectivity index (χ0v) is 9.83. The summed E-state index contributed by atoms with van der Waals surface area (Å²) in [6, 6.07) is 5.85. The maximum absolute atomic E-state index is 5.83. The van der Waals surface area contributed by atoms with Crippen molar-refractivity contribution in [3.63, 3.8) is 0 Å². The highest BCUT2D eigenvalue weighted by atomic mass is 16.5. The van der Waals surface area contributed by atoms with E-state index in [0.29, 0.717) is 5.78 Å². The minimum atomic E-state index is 0.536. The molecular weight excluding hydrogens is 242 g/mol. The predicted octanol–water partition coefficient (Wildman–Crippen LogP) is 2.29. The van der Waals surface area contributed by atoms with Crippen LogP contribution < -0.4 is 4.57 Å². The van der Waals surface area contributed by atoms with Crippen molar-refractivity contribution in [2.75, 3.05) is 0 Å². The molecule has 0 saturated heterocycles. The molecular formula is C14H8N3O2+. The molecule has 1 aliphatic heterocycles. The van der Waals surface area contributed by atoms with Crippen LogP contribution in [-0.4, -0.2) is 9.97 Å². The molecule has 5 heterocycles. The van der Waals surface area contributed by atoms with E-state index in [1.54, 1.807) is 18.6 Å². The van der Waals surface area contributed by atoms with Gasteiger partial charge in [-0.05, 0) is 12.1 Å². The van der Waals surface area contributed by atoms with E-state index in [-0.39, 0.29) is 0 Å². The van der Waals surface area contributed by atoms with Gasteiger partial charge in [-0.3, -0.25) is 4.98 Å². The monoisotopic (exact) mass is 250 g/mol. The topological polar surface area (TPSA) is 55.9 Å². The second kappa shape index (κ2) is 3.00. The number of hydrogen-bond acceptors (Lipinski definition) is 4. The first kappa shape index (κ1) is 9.27. The molecule has 5 rings (SSSR count). The second-order valence-corrected chi connectivity index (χ2v) is 4.61. The maximum atomic E-state index is 5.83. The molecule has 0 unspecified atom stereocenters. The second-order valence-electron chi connectivity index (χ2n) is 4.61. The Kier molecular flexibility index (Phi) is 1.46. The van der Waals surface area contributed by atoms with Crippen molar-refractivity contribution in [2.45, 2.75) is 6.54 Å². The number of nitrogens with zero attached hydrogens (tertiary/aromatic N) is 3. The molecule has 4 aromatic rings. The Bertz CT molecular complexity index is 952. The quantitative estimate of drug-likeness (QED) is 0.396. The Morgan fingerprint density at radius 1 is 1.16 bits per heavy atom. The summed E-state index contributed by atoms with van der Waals surface area (Å²) in [5.41, 5.74) is 3.81. The van der Waals surface area contributed by atoms with Crippen molar-refractivity contribution in [1.29, 1.82) is 0 Å². The van der Waals surface area contributed by atoms with Crippen LogP contribution in [0.2, 0.25) is 0 Å². The SMILES string of the molecule is c1cnc2c(c1)C[n+]1c-2oc2oc3ccncc3c21. The zero-order valence-electron chi connectivity index (χ0n) is 9.83. The highest BCUT2D eigenvalue weighted by molar-refractivity contribution is 5.98. The molecule has 0 radical (unpaired) electrons. The van der Waals surface area contributed by atoms with Gasteiger partial charge in [0.2, 0.25) is 0 Å². The summed E-state index contributed by atoms with van der Waals surface area (Å²) in [6.45, 7) is 0.759. The van der Waals surface area contributed by atoms with Gasteiger partial charge in [0, 0.05) is 24.7 Å². The lowest BCUT2D eigenvalue weighted by molar-refractivity contribution is -0.648. The lowest BCUT2D eigenvalue weighted by Crippen LogP contribution is -2.30. The van der Waals surface area contributed by atoms with Crippen LogP contribution in [0.4, 0.5) is 0 Å². The summed E-state index contributed by atoms with van der Waals surface area (Å²) in [6.07, 6.45) is 5.30. The Labute approximate surface area is 107 Å². The first-order valence-corrected chi connectivity index (χ1v) is 6.05. The van der Waals surface area contributed by atoms with E-state index < -0.39 is 0 Å². The van der Waals surface area contributed by atoms with E-state index in [9.17, 15) is 0 Å². The molecule has 0 bridgehead atoms. The minimum absolute atomic E-state index is 0.536. The Balaban J connectivity index is 1.94. The summed E-state index contributed by atoms with van der Waals surface area (Å²) >= 11 is 0. The number of furan rings is 1. The van der Waals surface area contributed by atoms with Crippen LogP contribution in [0.15, 0.2) is 45.6 Å². The van der Waals surface area contributed by atoms with Crippen molar-refractivity contribution in [2.24, 2.45) is 0 Å². The van der Waals surface area contributed by atoms with Gasteiger partial charge >= 0.3 is 17.2 Å². The third-order valence-electron chi connectivity index (χ3n) is 3.56. The molecule has 0 saturated carbocycles. The zero-order chi connectivity index (χ0) is 12.4. The first-order valence-electron chi connectivity index (χ1n) is 6.05. The Morgan fingerprint density at radius 3 is 3.16 bits per heavy atom. The average Bonchev–Trinajstić information content (AvgIpc) is 3.05. The van der Waals surface area contributed by atoms with Crippen LogP contribution in [0.1, 0.15) is 5.56 Å². The largest absolute Gasteiger partial charge is 0.420 e. The van der Waals surface area contributed by atoms with Gasteiger partial charge in [0.1, 0.15) is 11.0 Å². The fourth-order valence-corrected chi connectivity index (χ4v) is 2.73. The van der Waals surface area contributed by atoms with E-state index in [2.05, 4.69) is 20.6 Å². The lowest BCUT2D eigenvalue weighted by atomic mass is 10.2. The smallest absolute Gasteiger partial charge is 0.404 e. The number of hydrogen-bond donors (Lipinski definition) is 0. The summed E-state index contributed by atoms with van der Waals surface area (Å²) in [5, 5.41) is 0.973. The van der Waals surface area contributed by atoms with Crippen LogP contribution in [-0.2, 0) is 6.54 Å². The maximum Gasteiger partial charge on any atom is 0.404 e. The van der Waals surface area contributed by atoms with Gasteiger partial charge in [0.15, 0.2) is 12.2 Å². The molecule has 0 fully saturated rings. The molecule has 1 aliphatic rings. The van der Waals surface area contributed by atoms with Gasteiger partial charge < -0.3 is 8.83 Å². The van der Waals surface area contributed by atoms with Crippen molar-refractivity contribution >= 4 is 22.3 Å². The lowest BCUT2D eigenvalue weighted by Gasteiger charge is -1.87. The molecule has 5 heteroatoms. The molecule has 19 heavy (non-hydrogen) atoms. The Morgan fingerprint density at radius 2 is 2.16 bits per heavy atom. The van der Waals surface area contributed by atoms with Gasteiger partial charge in [-0.1, -0.05) is 0 Å². The summed E-state index contributed by atoms with van der Waals surface area (Å²) < 4.78 is 13.6. The van der Waals surface area contributed by atoms with Crippen LogP contribution in [0, 0.1) is 0 Å². The predicted molar refractivity (Wildman–Crippen MR) is 66.3 cm³/mol. The number of rotatable bonds is 0. The molecule has 0 atom stereocenters. The van der Waals surface area contributed by atoms with Gasteiger partial charge in [0.25, 0.3) is 0 Å².